The quantitative estimate of drug-likeness (QED) is 0.180. The van der Waals surface area contributed by atoms with Crippen LogP contribution in [-0.2, 0) is 0 Å². The predicted octanol–water partition coefficient (Wildman–Crippen LogP) is 12.4. The lowest BCUT2D eigenvalue weighted by Gasteiger charge is -2.12. The lowest BCUT2D eigenvalue weighted by molar-refractivity contribution is 1.33. The smallest absolute Gasteiger partial charge is 0.0888 e. The van der Waals surface area contributed by atoms with Crippen LogP contribution in [0.25, 0.3) is 97.3 Å². The number of para-hydroxylation sites is 1. The molecule has 4 heterocycles. The van der Waals surface area contributed by atoms with Gasteiger partial charge in [0, 0.05) is 62.7 Å². The number of rotatable bonds is 4. The molecule has 0 N–H and O–H groups in total. The summed E-state index contributed by atoms with van der Waals surface area (Å²) < 4.78 is 1.16. The predicted molar refractivity (Wildman–Crippen MR) is 207 cm³/mol. The van der Waals surface area contributed by atoms with Crippen molar-refractivity contribution in [3.05, 3.63) is 164 Å². The lowest BCUT2D eigenvalue weighted by atomic mass is 9.92. The topological polar surface area (TPSA) is 38.7 Å². The third-order valence-corrected chi connectivity index (χ3v) is 10.9. The average molecular weight is 642 g/mol. The van der Waals surface area contributed by atoms with Crippen LogP contribution in [0.3, 0.4) is 0 Å². The highest BCUT2D eigenvalue weighted by atomic mass is 32.1. The van der Waals surface area contributed by atoms with E-state index in [1.165, 1.54) is 59.3 Å². The zero-order chi connectivity index (χ0) is 32.3. The van der Waals surface area contributed by atoms with E-state index in [0.717, 1.165) is 38.0 Å². The van der Waals surface area contributed by atoms with E-state index in [4.69, 9.17) is 4.98 Å². The first kappa shape index (κ1) is 27.8. The van der Waals surface area contributed by atoms with Gasteiger partial charge in [-0.2, -0.15) is 0 Å². The zero-order valence-corrected chi connectivity index (χ0v) is 27.2. The highest BCUT2D eigenvalue weighted by Gasteiger charge is 2.22. The molecule has 0 saturated heterocycles. The molecule has 0 aliphatic rings. The Morgan fingerprint density at radius 1 is 0.408 bits per heavy atom. The van der Waals surface area contributed by atoms with Gasteiger partial charge >= 0.3 is 0 Å². The van der Waals surface area contributed by atoms with Crippen molar-refractivity contribution in [1.82, 2.24) is 15.0 Å². The Hall–Kier alpha value is -6.23. The molecule has 0 aliphatic carbocycles. The molecule has 0 aliphatic heterocycles. The van der Waals surface area contributed by atoms with Crippen LogP contribution in [0.4, 0.5) is 0 Å². The number of aromatic nitrogens is 3. The maximum absolute atomic E-state index is 5.30. The van der Waals surface area contributed by atoms with Crippen molar-refractivity contribution in [3.63, 3.8) is 0 Å². The SMILES string of the molecule is c1cncc(-c2sc3c(-c4ccc(-c5ccc6c7ccccc7c7ccccc7c6c5)cc4)nc4ccccc4c3c2-c2cccnc2)c1. The third-order valence-electron chi connectivity index (χ3n) is 9.64. The molecular formula is C45H27N3S. The summed E-state index contributed by atoms with van der Waals surface area (Å²) in [5, 5.41) is 10.1. The van der Waals surface area contributed by atoms with Crippen molar-refractivity contribution < 1.29 is 0 Å². The van der Waals surface area contributed by atoms with E-state index in [-0.39, 0.29) is 0 Å². The van der Waals surface area contributed by atoms with E-state index in [2.05, 4.69) is 137 Å². The molecule has 4 heteroatoms. The molecule has 6 aromatic carbocycles. The molecule has 0 unspecified atom stereocenters. The van der Waals surface area contributed by atoms with Gasteiger partial charge in [0.25, 0.3) is 0 Å². The van der Waals surface area contributed by atoms with Crippen molar-refractivity contribution in [2.45, 2.75) is 0 Å². The van der Waals surface area contributed by atoms with Crippen LogP contribution in [0, 0.1) is 0 Å². The van der Waals surface area contributed by atoms with Gasteiger partial charge < -0.3 is 0 Å². The summed E-state index contributed by atoms with van der Waals surface area (Å²) in [7, 11) is 0. The fourth-order valence-electron chi connectivity index (χ4n) is 7.40. The monoisotopic (exact) mass is 641 g/mol. The number of fused-ring (bicyclic) bond motifs is 9. The van der Waals surface area contributed by atoms with Crippen LogP contribution in [0.15, 0.2) is 164 Å². The molecule has 0 radical (unpaired) electrons. The second kappa shape index (κ2) is 11.2. The maximum atomic E-state index is 5.30. The molecule has 0 amide bonds. The summed E-state index contributed by atoms with van der Waals surface area (Å²) in [5.74, 6) is 0. The summed E-state index contributed by atoms with van der Waals surface area (Å²) in [6, 6.07) is 50.0. The van der Waals surface area contributed by atoms with Crippen LogP contribution >= 0.6 is 11.3 Å². The summed E-state index contributed by atoms with van der Waals surface area (Å²) in [4.78, 5) is 15.4. The summed E-state index contributed by atoms with van der Waals surface area (Å²) in [6.45, 7) is 0. The second-order valence-electron chi connectivity index (χ2n) is 12.4. The summed E-state index contributed by atoms with van der Waals surface area (Å²) in [6.07, 6.45) is 7.56. The molecule has 3 nitrogen and oxygen atoms in total. The molecule has 0 atom stereocenters. The van der Waals surface area contributed by atoms with Gasteiger partial charge in [0.1, 0.15) is 0 Å². The number of nitrogens with zero attached hydrogens (tertiary/aromatic N) is 3. The Morgan fingerprint density at radius 2 is 0.959 bits per heavy atom. The first-order valence-corrected chi connectivity index (χ1v) is 17.2. The van der Waals surface area contributed by atoms with Crippen LogP contribution in [0.1, 0.15) is 0 Å². The number of hydrogen-bond acceptors (Lipinski definition) is 4. The number of pyridine rings is 3. The van der Waals surface area contributed by atoms with Crippen molar-refractivity contribution in [2.75, 3.05) is 0 Å². The lowest BCUT2D eigenvalue weighted by Crippen LogP contribution is -1.89. The van der Waals surface area contributed by atoms with E-state index < -0.39 is 0 Å². The fourth-order valence-corrected chi connectivity index (χ4v) is 8.74. The Bertz CT molecular complexity index is 2820. The highest BCUT2D eigenvalue weighted by molar-refractivity contribution is 7.23. The normalized spacial score (nSPS) is 11.7. The third kappa shape index (κ3) is 4.46. The largest absolute Gasteiger partial charge is 0.264 e. The summed E-state index contributed by atoms with van der Waals surface area (Å²) in [5.41, 5.74) is 8.78. The van der Waals surface area contributed by atoms with Gasteiger partial charge in [-0.05, 0) is 67.7 Å². The minimum atomic E-state index is 0.975. The minimum absolute atomic E-state index is 0.975. The van der Waals surface area contributed by atoms with Crippen molar-refractivity contribution in [2.24, 2.45) is 0 Å². The van der Waals surface area contributed by atoms with Crippen LogP contribution in [-0.4, -0.2) is 15.0 Å². The van der Waals surface area contributed by atoms with Gasteiger partial charge in [0.05, 0.1) is 15.9 Å². The molecule has 0 fully saturated rings. The number of thiophene rings is 1. The second-order valence-corrected chi connectivity index (χ2v) is 13.4. The maximum Gasteiger partial charge on any atom is 0.0888 e. The van der Waals surface area contributed by atoms with Crippen molar-refractivity contribution in [3.8, 4) is 44.0 Å². The molecule has 0 saturated carbocycles. The van der Waals surface area contributed by atoms with E-state index >= 15 is 0 Å². The molecule has 0 spiro atoms. The van der Waals surface area contributed by atoms with E-state index in [0.29, 0.717) is 0 Å². The van der Waals surface area contributed by atoms with Crippen LogP contribution in [0.5, 0.6) is 0 Å². The minimum Gasteiger partial charge on any atom is -0.264 e. The molecule has 228 valence electrons. The number of hydrogen-bond donors (Lipinski definition) is 0. The van der Waals surface area contributed by atoms with E-state index in [1.807, 2.05) is 36.9 Å². The Balaban J connectivity index is 1.17. The molecule has 10 aromatic rings. The molecule has 10 rings (SSSR count). The van der Waals surface area contributed by atoms with Gasteiger partial charge in [-0.15, -0.1) is 11.3 Å². The molecule has 0 bridgehead atoms. The number of benzene rings is 6. The zero-order valence-electron chi connectivity index (χ0n) is 26.3. The van der Waals surface area contributed by atoms with E-state index in [1.54, 1.807) is 11.3 Å². The van der Waals surface area contributed by atoms with Gasteiger partial charge in [0.15, 0.2) is 0 Å². The fraction of sp³-hybridized carbons (Fsp3) is 0. The average Bonchev–Trinajstić information content (AvgIpc) is 3.60. The van der Waals surface area contributed by atoms with E-state index in [9.17, 15) is 0 Å². The first-order chi connectivity index (χ1) is 24.3. The van der Waals surface area contributed by atoms with Crippen LogP contribution < -0.4 is 0 Å². The summed E-state index contributed by atoms with van der Waals surface area (Å²) >= 11 is 1.78. The Morgan fingerprint density at radius 3 is 1.61 bits per heavy atom. The molecule has 49 heavy (non-hydrogen) atoms. The highest BCUT2D eigenvalue weighted by Crippen LogP contribution is 2.49. The Labute approximate surface area is 286 Å². The Kier molecular flexibility index (Phi) is 6.36. The van der Waals surface area contributed by atoms with Gasteiger partial charge in [-0.3, -0.25) is 9.97 Å². The van der Waals surface area contributed by atoms with Crippen LogP contribution in [0.2, 0.25) is 0 Å². The van der Waals surface area contributed by atoms with Gasteiger partial charge in [0.2, 0.25) is 0 Å². The van der Waals surface area contributed by atoms with Crippen molar-refractivity contribution in [1.29, 1.82) is 0 Å². The molecule has 4 aromatic heterocycles. The molecular weight excluding hydrogens is 615 g/mol. The standard InChI is InChI=1S/C45H27N3S/c1-2-13-35-33(11-1)34-12-3-4-14-36(34)39-25-30(21-22-37(35)39)28-17-19-29(20-18-28)43-45-42(38-15-5-6-16-40(38)48-43)41(31-9-7-23-46-26-31)44(49-45)32-10-8-24-47-27-32/h1-27H. The van der Waals surface area contributed by atoms with Crippen molar-refractivity contribution >= 4 is 64.6 Å². The first-order valence-electron chi connectivity index (χ1n) is 16.4. The van der Waals surface area contributed by atoms with Gasteiger partial charge in [-0.25, -0.2) is 4.98 Å². The van der Waals surface area contributed by atoms with Gasteiger partial charge in [-0.1, -0.05) is 115 Å².